The Morgan fingerprint density at radius 2 is 1.94 bits per heavy atom. The quantitative estimate of drug-likeness (QED) is 0.530. The number of rotatable bonds is 7. The number of nitrogens with zero attached hydrogens (tertiary/aromatic N) is 2. The first-order chi connectivity index (χ1) is 15.5. The van der Waals surface area contributed by atoms with E-state index >= 15 is 0 Å². The summed E-state index contributed by atoms with van der Waals surface area (Å²) in [6, 6.07) is 5.25. The average molecular weight is 458 g/mol. The second kappa shape index (κ2) is 9.39. The van der Waals surface area contributed by atoms with E-state index in [1.807, 2.05) is 0 Å². The average Bonchev–Trinajstić information content (AvgIpc) is 3.41. The Balaban J connectivity index is 1.50. The molecule has 0 saturated carbocycles. The van der Waals surface area contributed by atoms with Crippen LogP contribution in [0.15, 0.2) is 22.7 Å². The van der Waals surface area contributed by atoms with Gasteiger partial charge in [0, 0.05) is 17.4 Å². The lowest BCUT2D eigenvalue weighted by atomic mass is 9.95. The molecule has 0 aliphatic heterocycles. The second-order valence-electron chi connectivity index (χ2n) is 7.25. The van der Waals surface area contributed by atoms with Crippen molar-refractivity contribution in [3.8, 4) is 22.9 Å². The molecule has 4 rings (SSSR count). The van der Waals surface area contributed by atoms with Crippen LogP contribution in [0.2, 0.25) is 0 Å². The Labute approximate surface area is 188 Å². The number of carbonyl (C=O) groups is 2. The van der Waals surface area contributed by atoms with Crippen LogP contribution in [0, 0.1) is 0 Å². The smallest absolute Gasteiger partial charge is 0.341 e. The molecule has 1 aliphatic rings. The second-order valence-corrected chi connectivity index (χ2v) is 8.36. The molecule has 1 amide bonds. The zero-order valence-electron chi connectivity index (χ0n) is 18.0. The molecule has 0 spiro atoms. The lowest BCUT2D eigenvalue weighted by Crippen LogP contribution is -2.13. The molecule has 1 aromatic carbocycles. The fourth-order valence-corrected chi connectivity index (χ4v) is 4.96. The molecule has 32 heavy (non-hydrogen) atoms. The standard InChI is InChI=1S/C22H23N3O6S/c1-12(26)23-21-19(14-6-4-5-7-17(14)32-21)22(27)30-11-18-24-20(25-31-18)13-8-9-15(28-2)16(10-13)29-3/h8-10H,4-7,11H2,1-3H3,(H,23,26). The summed E-state index contributed by atoms with van der Waals surface area (Å²) in [4.78, 5) is 29.9. The monoisotopic (exact) mass is 457 g/mol. The minimum absolute atomic E-state index is 0.160. The first-order valence-electron chi connectivity index (χ1n) is 10.1. The predicted octanol–water partition coefficient (Wildman–Crippen LogP) is 4.01. The van der Waals surface area contributed by atoms with Gasteiger partial charge in [-0.3, -0.25) is 4.79 Å². The van der Waals surface area contributed by atoms with Crippen molar-refractivity contribution in [2.24, 2.45) is 0 Å². The number of hydrogen-bond acceptors (Lipinski definition) is 9. The Kier molecular flexibility index (Phi) is 6.40. The van der Waals surface area contributed by atoms with Crippen molar-refractivity contribution in [1.29, 1.82) is 0 Å². The van der Waals surface area contributed by atoms with Crippen molar-refractivity contribution in [2.45, 2.75) is 39.2 Å². The number of amides is 1. The predicted molar refractivity (Wildman–Crippen MR) is 117 cm³/mol. The number of thiophene rings is 1. The molecule has 2 heterocycles. The maximum absolute atomic E-state index is 12.9. The van der Waals surface area contributed by atoms with E-state index in [0.717, 1.165) is 36.1 Å². The normalized spacial score (nSPS) is 12.7. The van der Waals surface area contributed by atoms with Crippen molar-refractivity contribution in [1.82, 2.24) is 10.1 Å². The SMILES string of the molecule is COc1ccc(-c2noc(COC(=O)c3c(NC(C)=O)sc4c3CCCC4)n2)cc1OC. The third kappa shape index (κ3) is 4.45. The molecule has 0 unspecified atom stereocenters. The van der Waals surface area contributed by atoms with Gasteiger partial charge in [-0.1, -0.05) is 5.16 Å². The van der Waals surface area contributed by atoms with Gasteiger partial charge in [0.1, 0.15) is 5.00 Å². The van der Waals surface area contributed by atoms with Crippen LogP contribution in [-0.4, -0.2) is 36.2 Å². The van der Waals surface area contributed by atoms with Gasteiger partial charge in [0.25, 0.3) is 5.89 Å². The fraction of sp³-hybridized carbons (Fsp3) is 0.364. The number of anilines is 1. The van der Waals surface area contributed by atoms with Crippen molar-refractivity contribution in [2.75, 3.05) is 19.5 Å². The molecule has 168 valence electrons. The highest BCUT2D eigenvalue weighted by Crippen LogP contribution is 2.38. The minimum Gasteiger partial charge on any atom is -0.493 e. The van der Waals surface area contributed by atoms with E-state index < -0.39 is 5.97 Å². The van der Waals surface area contributed by atoms with Crippen LogP contribution in [0.5, 0.6) is 11.5 Å². The largest absolute Gasteiger partial charge is 0.493 e. The summed E-state index contributed by atoms with van der Waals surface area (Å²) in [5, 5.41) is 7.25. The van der Waals surface area contributed by atoms with Gasteiger partial charge >= 0.3 is 5.97 Å². The molecule has 3 aromatic rings. The minimum atomic E-state index is -0.515. The summed E-state index contributed by atoms with van der Waals surface area (Å²) < 4.78 is 21.2. The molecular weight excluding hydrogens is 434 g/mol. The van der Waals surface area contributed by atoms with E-state index in [4.69, 9.17) is 18.7 Å². The Hall–Kier alpha value is -3.40. The van der Waals surface area contributed by atoms with Gasteiger partial charge in [-0.05, 0) is 49.4 Å². The molecule has 1 aliphatic carbocycles. The summed E-state index contributed by atoms with van der Waals surface area (Å²) in [6.07, 6.45) is 3.77. The van der Waals surface area contributed by atoms with Gasteiger partial charge in [-0.25, -0.2) is 4.79 Å². The third-order valence-corrected chi connectivity index (χ3v) is 6.31. The van der Waals surface area contributed by atoms with Gasteiger partial charge in [-0.2, -0.15) is 4.98 Å². The molecule has 0 bridgehead atoms. The van der Waals surface area contributed by atoms with Crippen LogP contribution in [-0.2, 0) is 29.0 Å². The topological polar surface area (TPSA) is 113 Å². The summed E-state index contributed by atoms with van der Waals surface area (Å²) >= 11 is 1.44. The van der Waals surface area contributed by atoms with Crippen LogP contribution in [0.4, 0.5) is 5.00 Å². The highest BCUT2D eigenvalue weighted by molar-refractivity contribution is 7.17. The van der Waals surface area contributed by atoms with Crippen LogP contribution < -0.4 is 14.8 Å². The van der Waals surface area contributed by atoms with E-state index in [1.54, 1.807) is 32.4 Å². The first-order valence-corrected chi connectivity index (χ1v) is 11.0. The molecule has 2 aromatic heterocycles. The van der Waals surface area contributed by atoms with Gasteiger partial charge in [0.15, 0.2) is 18.1 Å². The van der Waals surface area contributed by atoms with E-state index in [1.165, 1.54) is 18.3 Å². The molecule has 1 N–H and O–H groups in total. The summed E-state index contributed by atoms with van der Waals surface area (Å²) in [5.41, 5.74) is 2.06. The Bertz CT molecular complexity index is 1150. The van der Waals surface area contributed by atoms with Gasteiger partial charge < -0.3 is 24.1 Å². The number of fused-ring (bicyclic) bond motifs is 1. The van der Waals surface area contributed by atoms with Crippen molar-refractivity contribution in [3.63, 3.8) is 0 Å². The molecule has 0 atom stereocenters. The number of ether oxygens (including phenoxy) is 3. The highest BCUT2D eigenvalue weighted by atomic mass is 32.1. The van der Waals surface area contributed by atoms with Crippen molar-refractivity contribution in [3.05, 3.63) is 40.1 Å². The lowest BCUT2D eigenvalue weighted by Gasteiger charge is -2.12. The molecule has 0 fully saturated rings. The van der Waals surface area contributed by atoms with E-state index in [-0.39, 0.29) is 18.4 Å². The van der Waals surface area contributed by atoms with Gasteiger partial charge in [-0.15, -0.1) is 11.3 Å². The van der Waals surface area contributed by atoms with Gasteiger partial charge in [0.2, 0.25) is 11.7 Å². The van der Waals surface area contributed by atoms with Crippen LogP contribution in [0.1, 0.15) is 46.5 Å². The Morgan fingerprint density at radius 3 is 2.69 bits per heavy atom. The molecule has 0 saturated heterocycles. The number of aromatic nitrogens is 2. The zero-order chi connectivity index (χ0) is 22.7. The number of esters is 1. The number of benzene rings is 1. The summed E-state index contributed by atoms with van der Waals surface area (Å²) in [6.45, 7) is 1.24. The van der Waals surface area contributed by atoms with Crippen LogP contribution in [0.3, 0.4) is 0 Å². The maximum atomic E-state index is 12.9. The maximum Gasteiger partial charge on any atom is 0.341 e. The number of nitrogens with one attached hydrogen (secondary N) is 1. The van der Waals surface area contributed by atoms with E-state index in [9.17, 15) is 9.59 Å². The van der Waals surface area contributed by atoms with E-state index in [2.05, 4.69) is 15.5 Å². The fourth-order valence-electron chi connectivity index (χ4n) is 3.64. The number of hydrogen-bond donors (Lipinski definition) is 1. The summed E-state index contributed by atoms with van der Waals surface area (Å²) in [5.74, 6) is 0.878. The number of carbonyl (C=O) groups excluding carboxylic acids is 2. The molecule has 10 heteroatoms. The zero-order valence-corrected chi connectivity index (χ0v) is 18.8. The van der Waals surface area contributed by atoms with Crippen LogP contribution >= 0.6 is 11.3 Å². The van der Waals surface area contributed by atoms with Crippen molar-refractivity contribution >= 4 is 28.2 Å². The molecular formula is C22H23N3O6S. The Morgan fingerprint density at radius 1 is 1.16 bits per heavy atom. The van der Waals surface area contributed by atoms with Crippen molar-refractivity contribution < 1.29 is 28.3 Å². The number of aryl methyl sites for hydroxylation is 1. The molecule has 0 radical (unpaired) electrons. The van der Waals surface area contributed by atoms with E-state index in [0.29, 0.717) is 33.5 Å². The number of methoxy groups -OCH3 is 2. The third-order valence-electron chi connectivity index (χ3n) is 5.10. The van der Waals surface area contributed by atoms with Crippen LogP contribution in [0.25, 0.3) is 11.4 Å². The van der Waals surface area contributed by atoms with Gasteiger partial charge in [0.05, 0.1) is 19.8 Å². The first kappa shape index (κ1) is 21.8. The lowest BCUT2D eigenvalue weighted by molar-refractivity contribution is -0.114. The summed E-state index contributed by atoms with van der Waals surface area (Å²) in [7, 11) is 3.10. The highest BCUT2D eigenvalue weighted by Gasteiger charge is 2.27. The molecule has 9 nitrogen and oxygen atoms in total.